The summed E-state index contributed by atoms with van der Waals surface area (Å²) in [6, 6.07) is 22.0. The Labute approximate surface area is 192 Å². The first-order valence-corrected chi connectivity index (χ1v) is 11.8. The standard InChI is InChI=1S/C21H15ClN4O4S2/c22-16-11-5-4-10-15(16)19(27)23-20-24-25-21(31-20)32(28,29)26-17-12-6-7-13-18(17)30-14-8-2-1-3-9-14/h1-13,26H,(H,23,24,27). The van der Waals surface area contributed by atoms with Gasteiger partial charge in [-0.25, -0.2) is 0 Å². The maximum atomic E-state index is 12.8. The summed E-state index contributed by atoms with van der Waals surface area (Å²) in [4.78, 5) is 12.4. The van der Waals surface area contributed by atoms with Crippen molar-refractivity contribution in [2.24, 2.45) is 0 Å². The molecule has 0 spiro atoms. The van der Waals surface area contributed by atoms with E-state index >= 15 is 0 Å². The van der Waals surface area contributed by atoms with Crippen LogP contribution in [0.5, 0.6) is 11.5 Å². The monoisotopic (exact) mass is 486 g/mol. The van der Waals surface area contributed by atoms with Crippen molar-refractivity contribution in [1.29, 1.82) is 0 Å². The highest BCUT2D eigenvalue weighted by atomic mass is 35.5. The van der Waals surface area contributed by atoms with Gasteiger partial charge < -0.3 is 4.74 Å². The van der Waals surface area contributed by atoms with Crippen molar-refractivity contribution in [3.05, 3.63) is 89.4 Å². The lowest BCUT2D eigenvalue weighted by Gasteiger charge is -2.12. The first kappa shape index (κ1) is 21.8. The number of hydrogen-bond donors (Lipinski definition) is 2. The Morgan fingerprint density at radius 2 is 1.59 bits per heavy atom. The number of ether oxygens (including phenoxy) is 1. The van der Waals surface area contributed by atoms with Crippen LogP contribution in [0.2, 0.25) is 5.02 Å². The maximum Gasteiger partial charge on any atom is 0.291 e. The molecule has 4 rings (SSSR count). The molecule has 1 heterocycles. The van der Waals surface area contributed by atoms with Gasteiger partial charge >= 0.3 is 0 Å². The Morgan fingerprint density at radius 3 is 2.38 bits per heavy atom. The summed E-state index contributed by atoms with van der Waals surface area (Å²) >= 11 is 6.72. The molecule has 11 heteroatoms. The Balaban J connectivity index is 1.51. The van der Waals surface area contributed by atoms with Crippen molar-refractivity contribution >= 4 is 49.7 Å². The van der Waals surface area contributed by atoms with Gasteiger partial charge in [0.05, 0.1) is 16.3 Å². The molecule has 0 saturated heterocycles. The number of rotatable bonds is 7. The smallest absolute Gasteiger partial charge is 0.291 e. The molecule has 1 aromatic heterocycles. The van der Waals surface area contributed by atoms with E-state index in [2.05, 4.69) is 20.2 Å². The van der Waals surface area contributed by atoms with Gasteiger partial charge in [0.2, 0.25) is 5.13 Å². The van der Waals surface area contributed by atoms with E-state index in [9.17, 15) is 13.2 Å². The summed E-state index contributed by atoms with van der Waals surface area (Å²) in [6.07, 6.45) is 0. The van der Waals surface area contributed by atoms with E-state index in [0.29, 0.717) is 22.8 Å². The second-order valence-corrected chi connectivity index (χ2v) is 9.56. The molecule has 0 fully saturated rings. The van der Waals surface area contributed by atoms with Crippen LogP contribution in [0, 0.1) is 0 Å². The molecule has 0 unspecified atom stereocenters. The zero-order valence-corrected chi connectivity index (χ0v) is 18.6. The summed E-state index contributed by atoms with van der Waals surface area (Å²) in [6.45, 7) is 0. The molecule has 0 aliphatic heterocycles. The molecule has 0 saturated carbocycles. The van der Waals surface area contributed by atoms with Crippen LogP contribution >= 0.6 is 22.9 Å². The number of sulfonamides is 1. The van der Waals surface area contributed by atoms with Crippen LogP contribution in [0.4, 0.5) is 10.8 Å². The third kappa shape index (κ3) is 5.05. The average Bonchev–Trinajstić information content (AvgIpc) is 3.25. The molecule has 0 atom stereocenters. The molecule has 4 aromatic rings. The number of carbonyl (C=O) groups is 1. The molecule has 0 aliphatic rings. The van der Waals surface area contributed by atoms with Gasteiger partial charge in [0, 0.05) is 0 Å². The zero-order valence-electron chi connectivity index (χ0n) is 16.2. The van der Waals surface area contributed by atoms with E-state index in [-0.39, 0.29) is 25.7 Å². The number of aromatic nitrogens is 2. The van der Waals surface area contributed by atoms with Crippen molar-refractivity contribution < 1.29 is 17.9 Å². The van der Waals surface area contributed by atoms with Gasteiger partial charge in [0.1, 0.15) is 5.75 Å². The quantitative estimate of drug-likeness (QED) is 0.354. The minimum atomic E-state index is -4.08. The van der Waals surface area contributed by atoms with Crippen LogP contribution in [0.1, 0.15) is 10.4 Å². The van der Waals surface area contributed by atoms with Crippen molar-refractivity contribution in [3.8, 4) is 11.5 Å². The molecule has 2 N–H and O–H groups in total. The molecule has 32 heavy (non-hydrogen) atoms. The number of hydrogen-bond acceptors (Lipinski definition) is 7. The molecular weight excluding hydrogens is 472 g/mol. The lowest BCUT2D eigenvalue weighted by Crippen LogP contribution is -2.13. The minimum Gasteiger partial charge on any atom is -0.455 e. The molecule has 8 nitrogen and oxygen atoms in total. The summed E-state index contributed by atoms with van der Waals surface area (Å²) < 4.78 is 33.6. The van der Waals surface area contributed by atoms with Gasteiger partial charge in [-0.15, -0.1) is 10.2 Å². The Hall–Kier alpha value is -3.47. The summed E-state index contributed by atoms with van der Waals surface area (Å²) in [7, 11) is -4.08. The molecule has 1 amide bonds. The molecule has 0 bridgehead atoms. The first-order chi connectivity index (χ1) is 15.4. The average molecular weight is 487 g/mol. The van der Waals surface area contributed by atoms with E-state index in [1.807, 2.05) is 18.2 Å². The maximum absolute atomic E-state index is 12.8. The molecular formula is C21H15ClN4O4S2. The Kier molecular flexibility index (Phi) is 6.35. The van der Waals surface area contributed by atoms with Crippen molar-refractivity contribution in [3.63, 3.8) is 0 Å². The van der Waals surface area contributed by atoms with Crippen molar-refractivity contribution in [2.45, 2.75) is 4.34 Å². The van der Waals surface area contributed by atoms with E-state index in [1.165, 1.54) is 0 Å². The van der Waals surface area contributed by atoms with Gasteiger partial charge in [-0.2, -0.15) is 8.42 Å². The topological polar surface area (TPSA) is 110 Å². The van der Waals surface area contributed by atoms with Crippen LogP contribution in [0.25, 0.3) is 0 Å². The van der Waals surface area contributed by atoms with Crippen LogP contribution in [0.3, 0.4) is 0 Å². The number of carbonyl (C=O) groups excluding carboxylic acids is 1. The number of benzene rings is 3. The third-order valence-corrected chi connectivity index (χ3v) is 6.98. The fourth-order valence-corrected chi connectivity index (χ4v) is 4.81. The normalized spacial score (nSPS) is 11.0. The lowest BCUT2D eigenvalue weighted by atomic mass is 10.2. The predicted molar refractivity (Wildman–Crippen MR) is 123 cm³/mol. The largest absolute Gasteiger partial charge is 0.455 e. The number of para-hydroxylation sites is 3. The van der Waals surface area contributed by atoms with E-state index in [1.54, 1.807) is 60.7 Å². The van der Waals surface area contributed by atoms with Crippen molar-refractivity contribution in [1.82, 2.24) is 10.2 Å². The van der Waals surface area contributed by atoms with Gasteiger partial charge in [0.15, 0.2) is 5.75 Å². The fourth-order valence-electron chi connectivity index (χ4n) is 2.62. The molecule has 162 valence electrons. The molecule has 0 aliphatic carbocycles. The number of halogens is 1. The first-order valence-electron chi connectivity index (χ1n) is 9.16. The van der Waals surface area contributed by atoms with E-state index in [4.69, 9.17) is 16.3 Å². The summed E-state index contributed by atoms with van der Waals surface area (Å²) in [5.41, 5.74) is 0.465. The summed E-state index contributed by atoms with van der Waals surface area (Å²) in [5.74, 6) is 0.351. The van der Waals surface area contributed by atoms with Gasteiger partial charge in [-0.05, 0) is 36.4 Å². The van der Waals surface area contributed by atoms with E-state index in [0.717, 1.165) is 0 Å². The van der Waals surface area contributed by atoms with Crippen LogP contribution in [-0.4, -0.2) is 24.5 Å². The molecule has 0 radical (unpaired) electrons. The summed E-state index contributed by atoms with van der Waals surface area (Å²) in [5, 5.41) is 10.2. The predicted octanol–water partition coefficient (Wildman–Crippen LogP) is 5.04. The Morgan fingerprint density at radius 1 is 0.906 bits per heavy atom. The van der Waals surface area contributed by atoms with Gasteiger partial charge in [-0.1, -0.05) is 65.4 Å². The highest BCUT2D eigenvalue weighted by Crippen LogP contribution is 2.32. The second kappa shape index (κ2) is 9.35. The van der Waals surface area contributed by atoms with Crippen molar-refractivity contribution in [2.75, 3.05) is 10.0 Å². The Bertz CT molecular complexity index is 1360. The van der Waals surface area contributed by atoms with Crippen LogP contribution < -0.4 is 14.8 Å². The zero-order chi connectivity index (χ0) is 22.6. The van der Waals surface area contributed by atoms with E-state index < -0.39 is 15.9 Å². The highest BCUT2D eigenvalue weighted by Gasteiger charge is 2.23. The number of amides is 1. The fraction of sp³-hybridized carbons (Fsp3) is 0. The SMILES string of the molecule is O=C(Nc1nnc(S(=O)(=O)Nc2ccccc2Oc2ccccc2)s1)c1ccccc1Cl. The lowest BCUT2D eigenvalue weighted by molar-refractivity contribution is 0.102. The molecule has 3 aromatic carbocycles. The van der Waals surface area contributed by atoms with Gasteiger partial charge in [-0.3, -0.25) is 14.8 Å². The minimum absolute atomic E-state index is 0.0177. The number of nitrogens with one attached hydrogen (secondary N) is 2. The third-order valence-electron chi connectivity index (χ3n) is 4.08. The highest BCUT2D eigenvalue weighted by molar-refractivity contribution is 7.94. The van der Waals surface area contributed by atoms with Crippen LogP contribution in [-0.2, 0) is 10.0 Å². The number of anilines is 2. The number of nitrogens with zero attached hydrogens (tertiary/aromatic N) is 2. The van der Waals surface area contributed by atoms with Gasteiger partial charge in [0.25, 0.3) is 20.3 Å². The van der Waals surface area contributed by atoms with Crippen LogP contribution in [0.15, 0.2) is 83.2 Å². The second-order valence-electron chi connectivity index (χ2n) is 6.32.